The first kappa shape index (κ1) is 21.7. The molecule has 0 spiro atoms. The number of benzene rings is 2. The molecular formula is C20H15ClFNO6S. The van der Waals surface area contributed by atoms with Crippen LogP contribution in [0.25, 0.3) is 6.08 Å². The Kier molecular flexibility index (Phi) is 6.63. The monoisotopic (exact) mass is 451 g/mol. The zero-order chi connectivity index (χ0) is 21.8. The van der Waals surface area contributed by atoms with E-state index in [1.165, 1.54) is 25.3 Å². The molecule has 2 aromatic carbocycles. The fraction of sp³-hybridized carbons (Fsp3) is 0.150. The number of amides is 2. The van der Waals surface area contributed by atoms with Crippen LogP contribution in [0.5, 0.6) is 11.5 Å². The molecule has 1 aliphatic heterocycles. The summed E-state index contributed by atoms with van der Waals surface area (Å²) in [5, 5.41) is 8.47. The molecule has 0 saturated carbocycles. The van der Waals surface area contributed by atoms with E-state index in [4.69, 9.17) is 26.2 Å². The third-order valence-corrected chi connectivity index (χ3v) is 5.33. The highest BCUT2D eigenvalue weighted by Crippen LogP contribution is 2.38. The molecule has 0 radical (unpaired) electrons. The number of rotatable bonds is 7. The predicted octanol–water partition coefficient (Wildman–Crippen LogP) is 4.19. The van der Waals surface area contributed by atoms with Crippen molar-refractivity contribution in [2.24, 2.45) is 0 Å². The van der Waals surface area contributed by atoms with Crippen LogP contribution >= 0.6 is 23.4 Å². The second-order valence-electron chi connectivity index (χ2n) is 6.06. The molecule has 1 aliphatic rings. The van der Waals surface area contributed by atoms with Gasteiger partial charge in [0.25, 0.3) is 11.1 Å². The lowest BCUT2D eigenvalue weighted by Gasteiger charge is -2.14. The number of ether oxygens (including phenoxy) is 2. The quantitative estimate of drug-likeness (QED) is 0.631. The number of hydrogen-bond donors (Lipinski definition) is 1. The summed E-state index contributed by atoms with van der Waals surface area (Å²) in [5.74, 6) is -1.84. The summed E-state index contributed by atoms with van der Waals surface area (Å²) >= 11 is 6.72. The van der Waals surface area contributed by atoms with E-state index in [0.717, 1.165) is 22.7 Å². The standard InChI is InChI=1S/C20H15ClFNO6S/c1-28-15-4-2-3-11(18(15)29-10-17(24)25)7-16-19(26)23(20(27)30-16)9-12-5-6-13(22)8-14(12)21/h2-8H,9-10H2,1H3,(H,24,25)/b16-7+. The summed E-state index contributed by atoms with van der Waals surface area (Å²) in [4.78, 5) is 37.1. The van der Waals surface area contributed by atoms with Gasteiger partial charge in [-0.15, -0.1) is 0 Å². The number of nitrogens with zero attached hydrogens (tertiary/aromatic N) is 1. The largest absolute Gasteiger partial charge is 0.493 e. The van der Waals surface area contributed by atoms with Crippen molar-refractivity contribution in [3.63, 3.8) is 0 Å². The average Bonchev–Trinajstić information content (AvgIpc) is 2.95. The highest BCUT2D eigenvalue weighted by Gasteiger charge is 2.35. The number of carboxylic acid groups (broad SMARTS) is 1. The predicted molar refractivity (Wildman–Crippen MR) is 109 cm³/mol. The van der Waals surface area contributed by atoms with Gasteiger partial charge < -0.3 is 14.6 Å². The molecule has 7 nitrogen and oxygen atoms in total. The fourth-order valence-electron chi connectivity index (χ4n) is 2.69. The lowest BCUT2D eigenvalue weighted by molar-refractivity contribution is -0.139. The fourth-order valence-corrected chi connectivity index (χ4v) is 3.75. The second-order valence-corrected chi connectivity index (χ2v) is 7.47. The van der Waals surface area contributed by atoms with Gasteiger partial charge in [0.15, 0.2) is 18.1 Å². The van der Waals surface area contributed by atoms with Crippen LogP contribution in [0, 0.1) is 5.82 Å². The smallest absolute Gasteiger partial charge is 0.341 e. The van der Waals surface area contributed by atoms with Gasteiger partial charge in [-0.05, 0) is 41.6 Å². The van der Waals surface area contributed by atoms with Crippen LogP contribution in [-0.4, -0.2) is 40.8 Å². The van der Waals surface area contributed by atoms with Crippen molar-refractivity contribution >= 4 is 46.6 Å². The Morgan fingerprint density at radius 3 is 2.73 bits per heavy atom. The first-order valence-electron chi connectivity index (χ1n) is 8.51. The van der Waals surface area contributed by atoms with Crippen LogP contribution in [-0.2, 0) is 16.1 Å². The van der Waals surface area contributed by atoms with Gasteiger partial charge in [0.05, 0.1) is 18.6 Å². The van der Waals surface area contributed by atoms with Gasteiger partial charge in [0, 0.05) is 10.6 Å². The van der Waals surface area contributed by atoms with Gasteiger partial charge in [0.2, 0.25) is 0 Å². The lowest BCUT2D eigenvalue weighted by atomic mass is 10.1. The maximum Gasteiger partial charge on any atom is 0.341 e. The summed E-state index contributed by atoms with van der Waals surface area (Å²) < 4.78 is 23.7. The highest BCUT2D eigenvalue weighted by molar-refractivity contribution is 8.18. The number of thioether (sulfide) groups is 1. The molecule has 2 aromatic rings. The van der Waals surface area contributed by atoms with Gasteiger partial charge >= 0.3 is 5.97 Å². The Morgan fingerprint density at radius 2 is 2.07 bits per heavy atom. The first-order chi connectivity index (χ1) is 14.3. The van der Waals surface area contributed by atoms with E-state index in [1.807, 2.05) is 0 Å². The van der Waals surface area contributed by atoms with Gasteiger partial charge in [-0.25, -0.2) is 9.18 Å². The Labute approximate surface area is 180 Å². The molecule has 1 saturated heterocycles. The van der Waals surface area contributed by atoms with Crippen molar-refractivity contribution in [1.29, 1.82) is 0 Å². The van der Waals surface area contributed by atoms with Crippen LogP contribution in [0.4, 0.5) is 9.18 Å². The normalized spacial score (nSPS) is 15.0. The molecule has 0 aliphatic carbocycles. The number of hydrogen-bond acceptors (Lipinski definition) is 6. The van der Waals surface area contributed by atoms with Gasteiger partial charge in [-0.2, -0.15) is 0 Å². The summed E-state index contributed by atoms with van der Waals surface area (Å²) in [5.41, 5.74) is 0.800. The van der Waals surface area contributed by atoms with E-state index in [1.54, 1.807) is 18.2 Å². The molecule has 10 heteroatoms. The number of halogens is 2. The molecule has 2 amide bonds. The first-order valence-corrected chi connectivity index (χ1v) is 9.70. The summed E-state index contributed by atoms with van der Waals surface area (Å²) in [6.45, 7) is -0.715. The summed E-state index contributed by atoms with van der Waals surface area (Å²) in [6.07, 6.45) is 1.43. The number of para-hydroxylation sites is 1. The third-order valence-electron chi connectivity index (χ3n) is 4.07. The van der Waals surface area contributed by atoms with Crippen LogP contribution < -0.4 is 9.47 Å². The van der Waals surface area contributed by atoms with Crippen molar-refractivity contribution < 1.29 is 33.4 Å². The van der Waals surface area contributed by atoms with Crippen LogP contribution in [0.3, 0.4) is 0 Å². The summed E-state index contributed by atoms with van der Waals surface area (Å²) in [7, 11) is 1.40. The maximum absolute atomic E-state index is 13.2. The van der Waals surface area contributed by atoms with Gasteiger partial charge in [-0.1, -0.05) is 29.8 Å². The van der Waals surface area contributed by atoms with E-state index in [-0.39, 0.29) is 28.0 Å². The average molecular weight is 452 g/mol. The Hall–Kier alpha value is -3.04. The molecule has 156 valence electrons. The van der Waals surface area contributed by atoms with Crippen molar-refractivity contribution in [3.05, 3.63) is 63.3 Å². The summed E-state index contributed by atoms with van der Waals surface area (Å²) in [6, 6.07) is 8.53. The minimum absolute atomic E-state index is 0.107. The Balaban J connectivity index is 1.89. The molecule has 0 bridgehead atoms. The third kappa shape index (κ3) is 4.74. The number of methoxy groups -OCH3 is 1. The number of imide groups is 1. The Bertz CT molecular complexity index is 1060. The molecule has 1 N–H and O–H groups in total. The molecule has 0 aromatic heterocycles. The van der Waals surface area contributed by atoms with Gasteiger partial charge in [-0.3, -0.25) is 14.5 Å². The van der Waals surface area contributed by atoms with Crippen molar-refractivity contribution in [3.8, 4) is 11.5 Å². The van der Waals surface area contributed by atoms with E-state index in [2.05, 4.69) is 0 Å². The second kappa shape index (κ2) is 9.19. The van der Waals surface area contributed by atoms with Crippen LogP contribution in [0.1, 0.15) is 11.1 Å². The minimum atomic E-state index is -1.18. The molecule has 0 atom stereocenters. The SMILES string of the molecule is COc1cccc(/C=C2/SC(=O)N(Cc3ccc(F)cc3Cl)C2=O)c1OCC(=O)O. The van der Waals surface area contributed by atoms with Gasteiger partial charge in [0.1, 0.15) is 5.82 Å². The zero-order valence-corrected chi connectivity index (χ0v) is 17.1. The topological polar surface area (TPSA) is 93.1 Å². The van der Waals surface area contributed by atoms with E-state index < -0.39 is 29.5 Å². The molecule has 0 unspecified atom stereocenters. The maximum atomic E-state index is 13.2. The lowest BCUT2D eigenvalue weighted by Crippen LogP contribution is -2.27. The highest BCUT2D eigenvalue weighted by atomic mass is 35.5. The minimum Gasteiger partial charge on any atom is -0.493 e. The molecular weight excluding hydrogens is 437 g/mol. The molecule has 3 rings (SSSR count). The van der Waals surface area contributed by atoms with Crippen molar-refractivity contribution in [1.82, 2.24) is 4.90 Å². The van der Waals surface area contributed by atoms with Crippen molar-refractivity contribution in [2.45, 2.75) is 6.54 Å². The number of carbonyl (C=O) groups excluding carboxylic acids is 2. The van der Waals surface area contributed by atoms with E-state index in [9.17, 15) is 18.8 Å². The number of carbonyl (C=O) groups is 3. The molecule has 30 heavy (non-hydrogen) atoms. The van der Waals surface area contributed by atoms with E-state index >= 15 is 0 Å². The van der Waals surface area contributed by atoms with E-state index in [0.29, 0.717) is 11.1 Å². The van der Waals surface area contributed by atoms with Crippen molar-refractivity contribution in [2.75, 3.05) is 13.7 Å². The number of aliphatic carboxylic acids is 1. The molecule has 1 fully saturated rings. The molecule has 1 heterocycles. The Morgan fingerprint density at radius 1 is 1.30 bits per heavy atom. The van der Waals surface area contributed by atoms with Crippen LogP contribution in [0.2, 0.25) is 5.02 Å². The van der Waals surface area contributed by atoms with Crippen LogP contribution in [0.15, 0.2) is 41.3 Å². The number of carboxylic acids is 1. The zero-order valence-electron chi connectivity index (χ0n) is 15.6.